The maximum atomic E-state index is 11.2. The predicted molar refractivity (Wildman–Crippen MR) is 66.3 cm³/mol. The Morgan fingerprint density at radius 3 is 2.35 bits per heavy atom. The fourth-order valence-electron chi connectivity index (χ4n) is 1.91. The summed E-state index contributed by atoms with van der Waals surface area (Å²) in [6, 6.07) is 7.68. The summed E-state index contributed by atoms with van der Waals surface area (Å²) in [4.78, 5) is 17.8. The molecule has 0 amide bonds. The normalized spacial score (nSPS) is 10.3. The van der Waals surface area contributed by atoms with E-state index >= 15 is 0 Å². The highest BCUT2D eigenvalue weighted by molar-refractivity contribution is 5.68. The number of nitrogens with zero attached hydrogens (tertiary/aromatic N) is 1. The quantitative estimate of drug-likeness (QED) is 0.859. The summed E-state index contributed by atoms with van der Waals surface area (Å²) >= 11 is 0. The number of hydrogen-bond acceptors (Lipinski definition) is 3. The molecule has 0 atom stereocenters. The van der Waals surface area contributed by atoms with Crippen LogP contribution in [0.3, 0.4) is 0 Å². The molecule has 0 radical (unpaired) electrons. The summed E-state index contributed by atoms with van der Waals surface area (Å²) in [5.41, 5.74) is 3.23. The number of methoxy groups -OCH3 is 1. The number of aryl methyl sites for hydroxylation is 2. The molecule has 0 fully saturated rings. The maximum Gasteiger partial charge on any atom is 0.345 e. The summed E-state index contributed by atoms with van der Waals surface area (Å²) in [7, 11) is 1.63. The van der Waals surface area contributed by atoms with Crippen LogP contribution in [0.5, 0.6) is 5.75 Å². The van der Waals surface area contributed by atoms with Gasteiger partial charge in [-0.2, -0.15) is 4.98 Å². The average Bonchev–Trinajstić information content (AvgIpc) is 2.28. The molecule has 2 rings (SSSR count). The SMILES string of the molecule is COc1ccc(-c2c(C)nc(=O)[nH]c2C)cc1. The van der Waals surface area contributed by atoms with Crippen LogP contribution < -0.4 is 10.4 Å². The van der Waals surface area contributed by atoms with Crippen molar-refractivity contribution >= 4 is 0 Å². The number of nitrogens with one attached hydrogen (secondary N) is 1. The van der Waals surface area contributed by atoms with Gasteiger partial charge in [-0.3, -0.25) is 0 Å². The first-order valence-electron chi connectivity index (χ1n) is 5.34. The fourth-order valence-corrected chi connectivity index (χ4v) is 1.91. The molecule has 4 heteroatoms. The van der Waals surface area contributed by atoms with Crippen molar-refractivity contribution in [2.75, 3.05) is 7.11 Å². The van der Waals surface area contributed by atoms with Gasteiger partial charge in [0, 0.05) is 11.3 Å². The third kappa shape index (κ3) is 2.20. The second-order valence-electron chi connectivity index (χ2n) is 3.86. The minimum Gasteiger partial charge on any atom is -0.497 e. The van der Waals surface area contributed by atoms with E-state index in [2.05, 4.69) is 9.97 Å². The Morgan fingerprint density at radius 2 is 1.82 bits per heavy atom. The smallest absolute Gasteiger partial charge is 0.345 e. The molecule has 0 bridgehead atoms. The minimum atomic E-state index is -0.308. The third-order valence-corrected chi connectivity index (χ3v) is 2.68. The fraction of sp³-hybridized carbons (Fsp3) is 0.231. The van der Waals surface area contributed by atoms with Gasteiger partial charge in [-0.15, -0.1) is 0 Å². The van der Waals surface area contributed by atoms with E-state index in [0.29, 0.717) is 0 Å². The Balaban J connectivity index is 2.56. The molecule has 0 aliphatic carbocycles. The molecule has 1 N–H and O–H groups in total. The number of benzene rings is 1. The maximum absolute atomic E-state index is 11.2. The largest absolute Gasteiger partial charge is 0.497 e. The Kier molecular flexibility index (Phi) is 2.95. The predicted octanol–water partition coefficient (Wildman–Crippen LogP) is 2.06. The van der Waals surface area contributed by atoms with Crippen molar-refractivity contribution in [1.82, 2.24) is 9.97 Å². The summed E-state index contributed by atoms with van der Waals surface area (Å²) in [5.74, 6) is 0.807. The van der Waals surface area contributed by atoms with Crippen LogP contribution in [0.4, 0.5) is 0 Å². The Hall–Kier alpha value is -2.10. The molecule has 88 valence electrons. The first kappa shape index (κ1) is 11.4. The Labute approximate surface area is 99.3 Å². The van der Waals surface area contributed by atoms with E-state index in [-0.39, 0.29) is 5.69 Å². The highest BCUT2D eigenvalue weighted by Gasteiger charge is 2.08. The van der Waals surface area contributed by atoms with Crippen LogP contribution in [0, 0.1) is 13.8 Å². The Morgan fingerprint density at radius 1 is 1.18 bits per heavy atom. The van der Waals surface area contributed by atoms with Gasteiger partial charge in [0.15, 0.2) is 0 Å². The molecule has 4 nitrogen and oxygen atoms in total. The third-order valence-electron chi connectivity index (χ3n) is 2.68. The van der Waals surface area contributed by atoms with Crippen LogP contribution in [-0.2, 0) is 0 Å². The van der Waals surface area contributed by atoms with Gasteiger partial charge in [0.2, 0.25) is 0 Å². The number of aromatic amines is 1. The molecule has 1 aromatic carbocycles. The lowest BCUT2D eigenvalue weighted by Gasteiger charge is -2.09. The number of ether oxygens (including phenoxy) is 1. The van der Waals surface area contributed by atoms with Gasteiger partial charge in [-0.25, -0.2) is 4.79 Å². The van der Waals surface area contributed by atoms with E-state index < -0.39 is 0 Å². The number of rotatable bonds is 2. The topological polar surface area (TPSA) is 55.0 Å². The van der Waals surface area contributed by atoms with Crippen molar-refractivity contribution in [2.45, 2.75) is 13.8 Å². The van der Waals surface area contributed by atoms with Crippen LogP contribution in [0.25, 0.3) is 11.1 Å². The van der Waals surface area contributed by atoms with Gasteiger partial charge in [-0.1, -0.05) is 12.1 Å². The Bertz CT molecular complexity index is 559. The lowest BCUT2D eigenvalue weighted by Crippen LogP contribution is -2.14. The summed E-state index contributed by atoms with van der Waals surface area (Å²) in [6.07, 6.45) is 0. The lowest BCUT2D eigenvalue weighted by atomic mass is 10.0. The molecule has 1 aromatic heterocycles. The zero-order valence-corrected chi connectivity index (χ0v) is 10.1. The van der Waals surface area contributed by atoms with E-state index in [4.69, 9.17) is 4.74 Å². The molecule has 0 unspecified atom stereocenters. The van der Waals surface area contributed by atoms with Gasteiger partial charge < -0.3 is 9.72 Å². The summed E-state index contributed by atoms with van der Waals surface area (Å²) in [5, 5.41) is 0. The molecule has 0 saturated heterocycles. The first-order chi connectivity index (χ1) is 8.11. The summed E-state index contributed by atoms with van der Waals surface area (Å²) in [6.45, 7) is 3.71. The first-order valence-corrected chi connectivity index (χ1v) is 5.34. The van der Waals surface area contributed by atoms with Crippen molar-refractivity contribution in [2.24, 2.45) is 0 Å². The number of hydrogen-bond donors (Lipinski definition) is 1. The zero-order chi connectivity index (χ0) is 12.4. The van der Waals surface area contributed by atoms with Crippen molar-refractivity contribution in [3.05, 3.63) is 46.1 Å². The van der Waals surface area contributed by atoms with Gasteiger partial charge >= 0.3 is 5.69 Å². The van der Waals surface area contributed by atoms with Crippen molar-refractivity contribution in [3.8, 4) is 16.9 Å². The lowest BCUT2D eigenvalue weighted by molar-refractivity contribution is 0.415. The molecule has 17 heavy (non-hydrogen) atoms. The molecule has 0 aliphatic heterocycles. The molecular formula is C13H14N2O2. The molecule has 0 saturated carbocycles. The van der Waals surface area contributed by atoms with E-state index in [0.717, 1.165) is 28.3 Å². The minimum absolute atomic E-state index is 0.308. The second-order valence-corrected chi connectivity index (χ2v) is 3.86. The molecule has 0 aliphatic rings. The standard InChI is InChI=1S/C13H14N2O2/c1-8-12(9(2)15-13(16)14-8)10-4-6-11(17-3)7-5-10/h4-7H,1-3H3,(H,14,15,16). The van der Waals surface area contributed by atoms with E-state index in [1.165, 1.54) is 0 Å². The monoisotopic (exact) mass is 230 g/mol. The zero-order valence-electron chi connectivity index (χ0n) is 10.1. The van der Waals surface area contributed by atoms with E-state index in [1.54, 1.807) is 7.11 Å². The van der Waals surface area contributed by atoms with Crippen molar-refractivity contribution in [3.63, 3.8) is 0 Å². The number of H-pyrrole nitrogens is 1. The van der Waals surface area contributed by atoms with Gasteiger partial charge in [-0.05, 0) is 31.5 Å². The van der Waals surface area contributed by atoms with Gasteiger partial charge in [0.1, 0.15) is 5.75 Å². The van der Waals surface area contributed by atoms with Crippen LogP contribution >= 0.6 is 0 Å². The van der Waals surface area contributed by atoms with Crippen molar-refractivity contribution in [1.29, 1.82) is 0 Å². The molecule has 0 spiro atoms. The van der Waals surface area contributed by atoms with E-state index in [1.807, 2.05) is 38.1 Å². The number of aromatic nitrogens is 2. The van der Waals surface area contributed by atoms with Crippen molar-refractivity contribution < 1.29 is 4.74 Å². The second kappa shape index (κ2) is 4.41. The highest BCUT2D eigenvalue weighted by atomic mass is 16.5. The van der Waals surface area contributed by atoms with E-state index in [9.17, 15) is 4.79 Å². The van der Waals surface area contributed by atoms with Crippen LogP contribution in [0.1, 0.15) is 11.4 Å². The van der Waals surface area contributed by atoms with Gasteiger partial charge in [0.25, 0.3) is 0 Å². The van der Waals surface area contributed by atoms with Crippen LogP contribution in [-0.4, -0.2) is 17.1 Å². The molecular weight excluding hydrogens is 216 g/mol. The van der Waals surface area contributed by atoms with Crippen LogP contribution in [0.2, 0.25) is 0 Å². The summed E-state index contributed by atoms with van der Waals surface area (Å²) < 4.78 is 5.11. The molecule has 1 heterocycles. The molecule has 2 aromatic rings. The van der Waals surface area contributed by atoms with Crippen LogP contribution in [0.15, 0.2) is 29.1 Å². The highest BCUT2D eigenvalue weighted by Crippen LogP contribution is 2.25. The average molecular weight is 230 g/mol. The van der Waals surface area contributed by atoms with Gasteiger partial charge in [0.05, 0.1) is 12.8 Å².